The summed E-state index contributed by atoms with van der Waals surface area (Å²) in [7, 11) is 1.85. The summed E-state index contributed by atoms with van der Waals surface area (Å²) < 4.78 is 1.86. The lowest BCUT2D eigenvalue weighted by molar-refractivity contribution is -0.136. The third-order valence-corrected chi connectivity index (χ3v) is 2.24. The molecule has 0 bridgehead atoms. The van der Waals surface area contributed by atoms with Gasteiger partial charge >= 0.3 is 5.97 Å². The zero-order valence-electron chi connectivity index (χ0n) is 7.77. The van der Waals surface area contributed by atoms with E-state index >= 15 is 0 Å². The smallest absolute Gasteiger partial charge is 0.309 e. The summed E-state index contributed by atoms with van der Waals surface area (Å²) >= 11 is 0. The van der Waals surface area contributed by atoms with Crippen molar-refractivity contribution in [1.29, 1.82) is 0 Å². The van der Waals surface area contributed by atoms with Gasteiger partial charge in [0.2, 0.25) is 0 Å². The highest BCUT2D eigenvalue weighted by atomic mass is 16.4. The molecule has 72 valence electrons. The number of aliphatic carboxylic acids is 1. The molecule has 2 aromatic rings. The molecule has 14 heavy (non-hydrogen) atoms. The molecule has 2 rings (SSSR count). The van der Waals surface area contributed by atoms with E-state index in [1.54, 1.807) is 6.20 Å². The lowest BCUT2D eigenvalue weighted by Gasteiger charge is -1.99. The molecule has 2 aromatic heterocycles. The van der Waals surface area contributed by atoms with Crippen molar-refractivity contribution in [3.8, 4) is 0 Å². The molecule has 4 heteroatoms. The number of hydrogen-bond acceptors (Lipinski definition) is 2. The maximum Gasteiger partial charge on any atom is 0.309 e. The van der Waals surface area contributed by atoms with Crippen LogP contribution in [0.3, 0.4) is 0 Å². The Morgan fingerprint density at radius 2 is 2.43 bits per heavy atom. The van der Waals surface area contributed by atoms with Crippen molar-refractivity contribution in [3.05, 3.63) is 30.1 Å². The summed E-state index contributed by atoms with van der Waals surface area (Å²) in [5, 5.41) is 8.68. The Balaban J connectivity index is 2.57. The SMILES string of the molecule is Cn1c(CC(=O)O)cc2ncccc21. The molecule has 0 saturated carbocycles. The third-order valence-electron chi connectivity index (χ3n) is 2.24. The molecule has 0 fully saturated rings. The minimum Gasteiger partial charge on any atom is -0.481 e. The van der Waals surface area contributed by atoms with Crippen LogP contribution in [0, 0.1) is 0 Å². The van der Waals surface area contributed by atoms with Crippen molar-refractivity contribution in [2.24, 2.45) is 7.05 Å². The number of carbonyl (C=O) groups is 1. The van der Waals surface area contributed by atoms with Gasteiger partial charge < -0.3 is 9.67 Å². The summed E-state index contributed by atoms with van der Waals surface area (Å²) in [6.07, 6.45) is 1.74. The van der Waals surface area contributed by atoms with Gasteiger partial charge in [-0.3, -0.25) is 9.78 Å². The minimum absolute atomic E-state index is 0.0346. The molecule has 2 heterocycles. The first-order valence-corrected chi connectivity index (χ1v) is 4.29. The number of nitrogens with zero attached hydrogens (tertiary/aromatic N) is 2. The van der Waals surface area contributed by atoms with Crippen molar-refractivity contribution in [2.45, 2.75) is 6.42 Å². The van der Waals surface area contributed by atoms with E-state index in [9.17, 15) is 4.79 Å². The van der Waals surface area contributed by atoms with Gasteiger partial charge in [-0.15, -0.1) is 0 Å². The van der Waals surface area contributed by atoms with Crippen LogP contribution in [0.15, 0.2) is 24.4 Å². The van der Waals surface area contributed by atoms with E-state index in [-0.39, 0.29) is 6.42 Å². The van der Waals surface area contributed by atoms with Crippen LogP contribution in [0.4, 0.5) is 0 Å². The third kappa shape index (κ3) is 1.35. The fourth-order valence-corrected chi connectivity index (χ4v) is 1.54. The van der Waals surface area contributed by atoms with Gasteiger partial charge in [-0.1, -0.05) is 0 Å². The maximum atomic E-state index is 10.6. The number of carboxylic acids is 1. The van der Waals surface area contributed by atoms with Crippen molar-refractivity contribution in [2.75, 3.05) is 0 Å². The molecule has 0 amide bonds. The number of hydrogen-bond donors (Lipinski definition) is 1. The van der Waals surface area contributed by atoms with Gasteiger partial charge in [0.1, 0.15) is 0 Å². The maximum absolute atomic E-state index is 10.6. The van der Waals surface area contributed by atoms with Gasteiger partial charge in [0.25, 0.3) is 0 Å². The van der Waals surface area contributed by atoms with Gasteiger partial charge in [0.05, 0.1) is 17.5 Å². The first-order chi connectivity index (χ1) is 6.68. The van der Waals surface area contributed by atoms with Crippen LogP contribution in [0.25, 0.3) is 11.0 Å². The van der Waals surface area contributed by atoms with Crippen LogP contribution in [0.2, 0.25) is 0 Å². The average molecular weight is 190 g/mol. The van der Waals surface area contributed by atoms with Gasteiger partial charge in [-0.2, -0.15) is 0 Å². The number of pyridine rings is 1. The van der Waals surface area contributed by atoms with Crippen molar-refractivity contribution in [3.63, 3.8) is 0 Å². The van der Waals surface area contributed by atoms with E-state index in [0.717, 1.165) is 16.7 Å². The topological polar surface area (TPSA) is 55.1 Å². The zero-order chi connectivity index (χ0) is 10.1. The molecule has 0 aliphatic rings. The summed E-state index contributed by atoms with van der Waals surface area (Å²) in [6.45, 7) is 0. The predicted molar refractivity (Wildman–Crippen MR) is 52.1 cm³/mol. The van der Waals surface area contributed by atoms with Crippen molar-refractivity contribution < 1.29 is 9.90 Å². The molecule has 4 nitrogen and oxygen atoms in total. The number of carboxylic acid groups (broad SMARTS) is 1. The highest BCUT2D eigenvalue weighted by molar-refractivity contribution is 5.79. The van der Waals surface area contributed by atoms with Crippen LogP contribution < -0.4 is 0 Å². The summed E-state index contributed by atoms with van der Waals surface area (Å²) in [5.41, 5.74) is 2.57. The second-order valence-electron chi connectivity index (χ2n) is 3.17. The van der Waals surface area contributed by atoms with Crippen LogP contribution >= 0.6 is 0 Å². The minimum atomic E-state index is -0.823. The van der Waals surface area contributed by atoms with Crippen LogP contribution in [0.1, 0.15) is 5.69 Å². The Bertz CT molecular complexity index is 488. The molecule has 0 unspecified atom stereocenters. The summed E-state index contributed by atoms with van der Waals surface area (Å²) in [4.78, 5) is 14.7. The fraction of sp³-hybridized carbons (Fsp3) is 0.200. The molecule has 0 aromatic carbocycles. The zero-order valence-corrected chi connectivity index (χ0v) is 7.77. The highest BCUT2D eigenvalue weighted by Crippen LogP contribution is 2.16. The van der Waals surface area contributed by atoms with Gasteiger partial charge in [-0.25, -0.2) is 0 Å². The average Bonchev–Trinajstić information content (AvgIpc) is 2.44. The second-order valence-corrected chi connectivity index (χ2v) is 3.17. The molecule has 0 aliphatic carbocycles. The Morgan fingerprint density at radius 3 is 3.07 bits per heavy atom. The summed E-state index contributed by atoms with van der Waals surface area (Å²) in [5.74, 6) is -0.823. The number of aromatic nitrogens is 2. The van der Waals surface area contributed by atoms with Crippen molar-refractivity contribution >= 4 is 17.0 Å². The van der Waals surface area contributed by atoms with E-state index < -0.39 is 5.97 Å². The van der Waals surface area contributed by atoms with Gasteiger partial charge in [-0.05, 0) is 18.2 Å². The fourth-order valence-electron chi connectivity index (χ4n) is 1.54. The Labute approximate surface area is 80.8 Å². The lowest BCUT2D eigenvalue weighted by atomic mass is 10.3. The summed E-state index contributed by atoms with van der Waals surface area (Å²) in [6, 6.07) is 5.57. The number of rotatable bonds is 2. The first kappa shape index (κ1) is 8.74. The van der Waals surface area contributed by atoms with E-state index in [1.165, 1.54) is 0 Å². The largest absolute Gasteiger partial charge is 0.481 e. The Morgan fingerprint density at radius 1 is 1.64 bits per heavy atom. The molecule has 0 radical (unpaired) electrons. The Kier molecular flexibility index (Phi) is 1.96. The standard InChI is InChI=1S/C10H10N2O2/c1-12-7(6-10(13)14)5-8-9(12)3-2-4-11-8/h2-5H,6H2,1H3,(H,13,14). The molecule has 0 atom stereocenters. The monoisotopic (exact) mass is 190 g/mol. The van der Waals surface area contributed by atoms with Crippen LogP contribution in [0.5, 0.6) is 0 Å². The second kappa shape index (κ2) is 3.14. The van der Waals surface area contributed by atoms with Crippen LogP contribution in [-0.2, 0) is 18.3 Å². The lowest BCUT2D eigenvalue weighted by Crippen LogP contribution is -2.04. The molecule has 0 saturated heterocycles. The molecule has 0 aliphatic heterocycles. The molecule has 0 spiro atoms. The van der Waals surface area contributed by atoms with E-state index in [1.807, 2.05) is 29.8 Å². The van der Waals surface area contributed by atoms with E-state index in [0.29, 0.717) is 0 Å². The molecule has 1 N–H and O–H groups in total. The highest BCUT2D eigenvalue weighted by Gasteiger charge is 2.08. The normalized spacial score (nSPS) is 10.6. The van der Waals surface area contributed by atoms with E-state index in [4.69, 9.17) is 5.11 Å². The van der Waals surface area contributed by atoms with Gasteiger partial charge in [0, 0.05) is 18.9 Å². The predicted octanol–water partition coefficient (Wildman–Crippen LogP) is 1.20. The molecular weight excluding hydrogens is 180 g/mol. The quantitative estimate of drug-likeness (QED) is 0.774. The number of aryl methyl sites for hydroxylation is 1. The van der Waals surface area contributed by atoms with Crippen molar-refractivity contribution in [1.82, 2.24) is 9.55 Å². The van der Waals surface area contributed by atoms with Gasteiger partial charge in [0.15, 0.2) is 0 Å². The van der Waals surface area contributed by atoms with E-state index in [2.05, 4.69) is 4.98 Å². The number of fused-ring (bicyclic) bond motifs is 1. The molecular formula is C10H10N2O2. The first-order valence-electron chi connectivity index (χ1n) is 4.29. The van der Waals surface area contributed by atoms with Crippen LogP contribution in [-0.4, -0.2) is 20.6 Å². The Hall–Kier alpha value is -1.84.